The minimum absolute atomic E-state index is 0.281. The van der Waals surface area contributed by atoms with Gasteiger partial charge < -0.3 is 19.0 Å². The van der Waals surface area contributed by atoms with Crippen molar-refractivity contribution in [3.8, 4) is 29.1 Å². The van der Waals surface area contributed by atoms with Crippen LogP contribution in [0.3, 0.4) is 0 Å². The quantitative estimate of drug-likeness (QED) is 0.251. The van der Waals surface area contributed by atoms with E-state index in [1.54, 1.807) is 0 Å². The van der Waals surface area contributed by atoms with Gasteiger partial charge >= 0.3 is 0 Å². The Morgan fingerprint density at radius 2 is 1.67 bits per heavy atom. The maximum absolute atomic E-state index is 5.85. The lowest BCUT2D eigenvalue weighted by atomic mass is 10.1. The van der Waals surface area contributed by atoms with Gasteiger partial charge in [-0.3, -0.25) is 0 Å². The summed E-state index contributed by atoms with van der Waals surface area (Å²) in [5.41, 5.74) is 3.77. The van der Waals surface area contributed by atoms with Crippen molar-refractivity contribution in [3.05, 3.63) is 65.2 Å². The standard InChI is InChI=1S/C25H29NO4/c1-6-7-13-29-24-16-19(2)25(20(3)17-24)30-15-9-8-14-28-23-12-10-11-22(18-23)21(4)26-27-5/h6-7,10-12,16-18H,13-15H2,1-5H3/b7-6+,26-21-. The zero-order valence-electron chi connectivity index (χ0n) is 18.3. The van der Waals surface area contributed by atoms with E-state index in [4.69, 9.17) is 19.0 Å². The summed E-state index contributed by atoms with van der Waals surface area (Å²) in [7, 11) is 1.53. The van der Waals surface area contributed by atoms with Gasteiger partial charge in [-0.25, -0.2) is 0 Å². The summed E-state index contributed by atoms with van der Waals surface area (Å²) in [5.74, 6) is 8.37. The van der Waals surface area contributed by atoms with Gasteiger partial charge in [-0.1, -0.05) is 41.3 Å². The zero-order valence-corrected chi connectivity index (χ0v) is 18.3. The summed E-state index contributed by atoms with van der Waals surface area (Å²) < 4.78 is 17.2. The van der Waals surface area contributed by atoms with E-state index in [2.05, 4.69) is 17.0 Å². The number of hydrogen-bond acceptors (Lipinski definition) is 5. The summed E-state index contributed by atoms with van der Waals surface area (Å²) in [4.78, 5) is 4.81. The van der Waals surface area contributed by atoms with Crippen molar-refractivity contribution in [3.63, 3.8) is 0 Å². The van der Waals surface area contributed by atoms with E-state index in [1.807, 2.05) is 76.2 Å². The Morgan fingerprint density at radius 3 is 2.33 bits per heavy atom. The third kappa shape index (κ3) is 7.21. The van der Waals surface area contributed by atoms with Crippen LogP contribution < -0.4 is 14.2 Å². The molecular weight excluding hydrogens is 378 g/mol. The number of nitrogens with zero attached hydrogens (tertiary/aromatic N) is 1. The van der Waals surface area contributed by atoms with Crippen LogP contribution in [0.5, 0.6) is 17.2 Å². The van der Waals surface area contributed by atoms with Crippen LogP contribution in [0.25, 0.3) is 0 Å². The minimum Gasteiger partial charge on any atom is -0.490 e. The van der Waals surface area contributed by atoms with Gasteiger partial charge in [-0.15, -0.1) is 0 Å². The molecule has 5 nitrogen and oxygen atoms in total. The van der Waals surface area contributed by atoms with Crippen LogP contribution >= 0.6 is 0 Å². The van der Waals surface area contributed by atoms with E-state index in [9.17, 15) is 0 Å². The van der Waals surface area contributed by atoms with Gasteiger partial charge in [0.25, 0.3) is 0 Å². The Morgan fingerprint density at radius 1 is 0.967 bits per heavy atom. The summed E-state index contributed by atoms with van der Waals surface area (Å²) >= 11 is 0. The molecule has 0 N–H and O–H groups in total. The number of rotatable bonds is 9. The Bertz CT molecular complexity index is 928. The molecule has 0 saturated carbocycles. The molecule has 0 aliphatic rings. The second kappa shape index (κ2) is 12.2. The fourth-order valence-corrected chi connectivity index (χ4v) is 2.79. The van der Waals surface area contributed by atoms with Gasteiger partial charge in [0, 0.05) is 5.56 Å². The van der Waals surface area contributed by atoms with Crippen molar-refractivity contribution in [2.45, 2.75) is 27.7 Å². The predicted octanol–water partition coefficient (Wildman–Crippen LogP) is 5.09. The van der Waals surface area contributed by atoms with Crippen LogP contribution in [0.4, 0.5) is 0 Å². The van der Waals surface area contributed by atoms with E-state index in [1.165, 1.54) is 7.11 Å². The van der Waals surface area contributed by atoms with E-state index >= 15 is 0 Å². The first kappa shape index (κ1) is 22.9. The molecule has 2 aromatic carbocycles. The molecule has 0 heterocycles. The highest BCUT2D eigenvalue weighted by molar-refractivity contribution is 5.98. The molecular formula is C25H29NO4. The number of hydrogen-bond donors (Lipinski definition) is 0. The fourth-order valence-electron chi connectivity index (χ4n) is 2.79. The first-order chi connectivity index (χ1) is 14.5. The van der Waals surface area contributed by atoms with Crippen molar-refractivity contribution in [2.24, 2.45) is 5.16 Å². The first-order valence-corrected chi connectivity index (χ1v) is 9.79. The van der Waals surface area contributed by atoms with Crippen LogP contribution in [0.1, 0.15) is 30.5 Å². The third-order valence-corrected chi connectivity index (χ3v) is 4.22. The third-order valence-electron chi connectivity index (χ3n) is 4.22. The summed E-state index contributed by atoms with van der Waals surface area (Å²) in [5, 5.41) is 3.93. The molecule has 0 aliphatic heterocycles. The van der Waals surface area contributed by atoms with Crippen molar-refractivity contribution in [2.75, 3.05) is 26.9 Å². The van der Waals surface area contributed by atoms with Gasteiger partial charge in [0.15, 0.2) is 0 Å². The molecule has 158 valence electrons. The molecule has 2 rings (SSSR count). The van der Waals surface area contributed by atoms with Crippen LogP contribution in [0, 0.1) is 25.7 Å². The van der Waals surface area contributed by atoms with Gasteiger partial charge in [-0.05, 0) is 63.1 Å². The van der Waals surface area contributed by atoms with E-state index in [0.717, 1.165) is 39.7 Å². The monoisotopic (exact) mass is 407 g/mol. The lowest BCUT2D eigenvalue weighted by Gasteiger charge is -2.12. The molecule has 0 atom stereocenters. The molecule has 0 unspecified atom stereocenters. The van der Waals surface area contributed by atoms with E-state index < -0.39 is 0 Å². The predicted molar refractivity (Wildman–Crippen MR) is 121 cm³/mol. The number of oxime groups is 1. The molecule has 5 heteroatoms. The van der Waals surface area contributed by atoms with Crippen molar-refractivity contribution in [1.29, 1.82) is 0 Å². The van der Waals surface area contributed by atoms with E-state index in [0.29, 0.717) is 13.2 Å². The molecule has 30 heavy (non-hydrogen) atoms. The Kier molecular flexibility index (Phi) is 9.33. The molecule has 0 aliphatic carbocycles. The molecule has 2 aromatic rings. The van der Waals surface area contributed by atoms with Crippen molar-refractivity contribution < 1.29 is 19.0 Å². The molecule has 0 radical (unpaired) electrons. The Balaban J connectivity index is 1.86. The normalized spacial score (nSPS) is 11.0. The maximum atomic E-state index is 5.85. The molecule has 0 amide bonds. The van der Waals surface area contributed by atoms with Crippen LogP contribution in [-0.4, -0.2) is 32.6 Å². The fraction of sp³-hybridized carbons (Fsp3) is 0.320. The average molecular weight is 408 g/mol. The lowest BCUT2D eigenvalue weighted by molar-refractivity contribution is 0.213. The summed E-state index contributed by atoms with van der Waals surface area (Å²) in [6, 6.07) is 11.6. The number of aryl methyl sites for hydroxylation is 2. The SMILES string of the molecule is C/C=C/COc1cc(C)c(OCC#CCOc2cccc(/C(C)=N\OC)c2)c(C)c1. The summed E-state index contributed by atoms with van der Waals surface area (Å²) in [6.07, 6.45) is 3.93. The van der Waals surface area contributed by atoms with E-state index in [-0.39, 0.29) is 6.61 Å². The van der Waals surface area contributed by atoms with Crippen LogP contribution in [0.2, 0.25) is 0 Å². The minimum atomic E-state index is 0.281. The zero-order chi connectivity index (χ0) is 21.8. The molecule has 0 bridgehead atoms. The maximum Gasteiger partial charge on any atom is 0.149 e. The van der Waals surface area contributed by atoms with Gasteiger partial charge in [-0.2, -0.15) is 0 Å². The van der Waals surface area contributed by atoms with Gasteiger partial charge in [0.1, 0.15) is 44.2 Å². The van der Waals surface area contributed by atoms with Gasteiger partial charge in [0.05, 0.1) is 5.71 Å². The highest BCUT2D eigenvalue weighted by Gasteiger charge is 2.06. The smallest absolute Gasteiger partial charge is 0.149 e. The first-order valence-electron chi connectivity index (χ1n) is 9.79. The largest absolute Gasteiger partial charge is 0.490 e. The average Bonchev–Trinajstić information content (AvgIpc) is 2.73. The summed E-state index contributed by atoms with van der Waals surface area (Å²) in [6.45, 7) is 8.99. The van der Waals surface area contributed by atoms with Crippen LogP contribution in [0.15, 0.2) is 53.7 Å². The number of allylic oxidation sites excluding steroid dienone is 1. The highest BCUT2D eigenvalue weighted by atomic mass is 16.6. The number of benzene rings is 2. The van der Waals surface area contributed by atoms with Crippen LogP contribution in [-0.2, 0) is 4.84 Å². The Labute approximate surface area is 179 Å². The molecule has 0 aromatic heterocycles. The number of ether oxygens (including phenoxy) is 3. The van der Waals surface area contributed by atoms with Crippen molar-refractivity contribution in [1.82, 2.24) is 0 Å². The highest BCUT2D eigenvalue weighted by Crippen LogP contribution is 2.28. The lowest BCUT2D eigenvalue weighted by Crippen LogP contribution is -2.01. The topological polar surface area (TPSA) is 49.3 Å². The van der Waals surface area contributed by atoms with Gasteiger partial charge in [0.2, 0.25) is 0 Å². The Hall–Kier alpha value is -3.39. The van der Waals surface area contributed by atoms with Crippen molar-refractivity contribution >= 4 is 5.71 Å². The second-order valence-electron chi connectivity index (χ2n) is 6.58. The molecule has 0 spiro atoms. The molecule has 0 fully saturated rings. The molecule has 0 saturated heterocycles. The second-order valence-corrected chi connectivity index (χ2v) is 6.58.